The Morgan fingerprint density at radius 1 is 1.33 bits per heavy atom. The zero-order valence-electron chi connectivity index (χ0n) is 11.4. The molecule has 1 unspecified atom stereocenters. The highest BCUT2D eigenvalue weighted by Crippen LogP contribution is 2.46. The third kappa shape index (κ3) is 2.43. The van der Waals surface area contributed by atoms with Crippen LogP contribution in [0.2, 0.25) is 0 Å². The molecule has 0 bridgehead atoms. The molecule has 1 aliphatic carbocycles. The summed E-state index contributed by atoms with van der Waals surface area (Å²) in [7, 11) is 1.70. The predicted octanol–water partition coefficient (Wildman–Crippen LogP) is 3.91. The lowest BCUT2D eigenvalue weighted by atomic mass is 9.72. The van der Waals surface area contributed by atoms with Crippen molar-refractivity contribution in [2.24, 2.45) is 11.1 Å². The van der Waals surface area contributed by atoms with E-state index in [2.05, 4.69) is 35.8 Å². The van der Waals surface area contributed by atoms with Crippen molar-refractivity contribution >= 4 is 15.9 Å². The lowest BCUT2D eigenvalue weighted by Crippen LogP contribution is -2.50. The van der Waals surface area contributed by atoms with Gasteiger partial charge in [-0.3, -0.25) is 0 Å². The summed E-state index contributed by atoms with van der Waals surface area (Å²) in [6, 6.07) is 6.10. The first-order valence-electron chi connectivity index (χ1n) is 6.49. The van der Waals surface area contributed by atoms with E-state index in [-0.39, 0.29) is 11.0 Å². The fraction of sp³-hybridized carbons (Fsp3) is 0.600. The van der Waals surface area contributed by atoms with Gasteiger partial charge < -0.3 is 10.5 Å². The van der Waals surface area contributed by atoms with Crippen LogP contribution in [0.15, 0.2) is 22.7 Å². The molecule has 1 aliphatic rings. The van der Waals surface area contributed by atoms with Crippen LogP contribution < -0.4 is 10.5 Å². The molecule has 18 heavy (non-hydrogen) atoms. The van der Waals surface area contributed by atoms with Crippen LogP contribution in [0, 0.1) is 5.41 Å². The lowest BCUT2D eigenvalue weighted by molar-refractivity contribution is 0.206. The maximum atomic E-state index is 6.67. The largest absolute Gasteiger partial charge is 0.497 e. The van der Waals surface area contributed by atoms with Crippen molar-refractivity contribution in [3.63, 3.8) is 0 Å². The quantitative estimate of drug-likeness (QED) is 0.918. The molecular weight excluding hydrogens is 290 g/mol. The van der Waals surface area contributed by atoms with Gasteiger partial charge in [-0.2, -0.15) is 0 Å². The highest BCUT2D eigenvalue weighted by molar-refractivity contribution is 9.10. The van der Waals surface area contributed by atoms with Gasteiger partial charge in [0.05, 0.1) is 7.11 Å². The molecule has 0 heterocycles. The minimum absolute atomic E-state index is 0.109. The fourth-order valence-corrected chi connectivity index (χ4v) is 3.30. The molecule has 0 amide bonds. The maximum absolute atomic E-state index is 6.67. The fourth-order valence-electron chi connectivity index (χ4n) is 2.91. The Morgan fingerprint density at radius 2 is 2.06 bits per heavy atom. The Hall–Kier alpha value is -0.540. The first kappa shape index (κ1) is 13.9. The Kier molecular flexibility index (Phi) is 3.75. The second kappa shape index (κ2) is 4.86. The van der Waals surface area contributed by atoms with Gasteiger partial charge >= 0.3 is 0 Å². The van der Waals surface area contributed by atoms with Crippen molar-refractivity contribution in [1.82, 2.24) is 0 Å². The molecule has 0 saturated heterocycles. The van der Waals surface area contributed by atoms with E-state index in [0.29, 0.717) is 0 Å². The first-order valence-corrected chi connectivity index (χ1v) is 7.29. The number of nitrogens with two attached hydrogens (primary N) is 1. The minimum Gasteiger partial charge on any atom is -0.497 e. The van der Waals surface area contributed by atoms with Crippen LogP contribution in [0.3, 0.4) is 0 Å². The van der Waals surface area contributed by atoms with Crippen molar-refractivity contribution in [2.45, 2.75) is 45.1 Å². The SMILES string of the molecule is COc1ccc(Br)c(CC2(N)CCCC2(C)C)c1. The summed E-state index contributed by atoms with van der Waals surface area (Å²) in [5.74, 6) is 0.896. The van der Waals surface area contributed by atoms with E-state index in [1.165, 1.54) is 18.4 Å². The molecule has 0 aromatic heterocycles. The average molecular weight is 312 g/mol. The van der Waals surface area contributed by atoms with E-state index in [1.807, 2.05) is 12.1 Å². The van der Waals surface area contributed by atoms with Gasteiger partial charge in [0, 0.05) is 10.0 Å². The summed E-state index contributed by atoms with van der Waals surface area (Å²) in [4.78, 5) is 0. The van der Waals surface area contributed by atoms with E-state index in [1.54, 1.807) is 7.11 Å². The molecule has 0 radical (unpaired) electrons. The zero-order valence-corrected chi connectivity index (χ0v) is 13.0. The summed E-state index contributed by atoms with van der Waals surface area (Å²) in [5.41, 5.74) is 8.00. The summed E-state index contributed by atoms with van der Waals surface area (Å²) < 4.78 is 6.42. The summed E-state index contributed by atoms with van der Waals surface area (Å²) in [5, 5.41) is 0. The van der Waals surface area contributed by atoms with E-state index in [4.69, 9.17) is 10.5 Å². The Labute approximate surface area is 118 Å². The van der Waals surface area contributed by atoms with Crippen molar-refractivity contribution in [3.8, 4) is 5.75 Å². The van der Waals surface area contributed by atoms with Gasteiger partial charge in [0.1, 0.15) is 5.75 Å². The molecule has 1 saturated carbocycles. The smallest absolute Gasteiger partial charge is 0.119 e. The summed E-state index contributed by atoms with van der Waals surface area (Å²) in [6.07, 6.45) is 4.44. The molecule has 100 valence electrons. The number of methoxy groups -OCH3 is 1. The maximum Gasteiger partial charge on any atom is 0.119 e. The second-order valence-electron chi connectivity index (χ2n) is 6.03. The molecule has 1 aromatic carbocycles. The van der Waals surface area contributed by atoms with E-state index in [9.17, 15) is 0 Å². The van der Waals surface area contributed by atoms with Gasteiger partial charge in [0.15, 0.2) is 0 Å². The van der Waals surface area contributed by atoms with Crippen LogP contribution in [-0.2, 0) is 6.42 Å². The van der Waals surface area contributed by atoms with E-state index in [0.717, 1.165) is 23.1 Å². The second-order valence-corrected chi connectivity index (χ2v) is 6.88. The Morgan fingerprint density at radius 3 is 2.61 bits per heavy atom. The van der Waals surface area contributed by atoms with Crippen LogP contribution in [-0.4, -0.2) is 12.6 Å². The van der Waals surface area contributed by atoms with E-state index >= 15 is 0 Å². The monoisotopic (exact) mass is 311 g/mol. The van der Waals surface area contributed by atoms with Crippen molar-refractivity contribution in [1.29, 1.82) is 0 Å². The number of halogens is 1. The molecule has 2 rings (SSSR count). The van der Waals surface area contributed by atoms with Gasteiger partial charge in [0.2, 0.25) is 0 Å². The van der Waals surface area contributed by atoms with Gasteiger partial charge in [-0.25, -0.2) is 0 Å². The van der Waals surface area contributed by atoms with Crippen molar-refractivity contribution < 1.29 is 4.74 Å². The van der Waals surface area contributed by atoms with Gasteiger partial charge in [0.25, 0.3) is 0 Å². The number of hydrogen-bond acceptors (Lipinski definition) is 2. The Balaban J connectivity index is 2.28. The molecule has 2 N–H and O–H groups in total. The van der Waals surface area contributed by atoms with Crippen LogP contribution in [0.25, 0.3) is 0 Å². The Bertz CT molecular complexity index is 444. The average Bonchev–Trinajstić information content (AvgIpc) is 2.56. The number of ether oxygens (including phenoxy) is 1. The van der Waals surface area contributed by atoms with E-state index < -0.39 is 0 Å². The zero-order chi connectivity index (χ0) is 13.4. The lowest BCUT2D eigenvalue weighted by Gasteiger charge is -2.38. The standard InChI is InChI=1S/C15H22BrNO/c1-14(2)7-4-8-15(14,17)10-11-9-12(18-3)5-6-13(11)16/h5-6,9H,4,7-8,10,17H2,1-3H3. The van der Waals surface area contributed by atoms with Gasteiger partial charge in [-0.15, -0.1) is 0 Å². The minimum atomic E-state index is -0.109. The molecule has 2 nitrogen and oxygen atoms in total. The molecular formula is C15H22BrNO. The molecule has 0 spiro atoms. The van der Waals surface area contributed by atoms with Crippen molar-refractivity contribution in [3.05, 3.63) is 28.2 Å². The molecule has 1 aromatic rings. The molecule has 0 aliphatic heterocycles. The van der Waals surface area contributed by atoms with Gasteiger partial charge in [-0.05, 0) is 48.4 Å². The normalized spacial score (nSPS) is 26.3. The highest BCUT2D eigenvalue weighted by Gasteiger charge is 2.45. The van der Waals surface area contributed by atoms with Gasteiger partial charge in [-0.1, -0.05) is 36.2 Å². The summed E-state index contributed by atoms with van der Waals surface area (Å²) >= 11 is 3.62. The predicted molar refractivity (Wildman–Crippen MR) is 78.9 cm³/mol. The van der Waals surface area contributed by atoms with Crippen LogP contribution >= 0.6 is 15.9 Å². The topological polar surface area (TPSA) is 35.2 Å². The number of hydrogen-bond donors (Lipinski definition) is 1. The first-order chi connectivity index (χ1) is 8.38. The number of benzene rings is 1. The highest BCUT2D eigenvalue weighted by atomic mass is 79.9. The molecule has 1 atom stereocenters. The van der Waals surface area contributed by atoms with Crippen LogP contribution in [0.4, 0.5) is 0 Å². The number of rotatable bonds is 3. The third-order valence-electron chi connectivity index (χ3n) is 4.53. The molecule has 3 heteroatoms. The van der Waals surface area contributed by atoms with Crippen LogP contribution in [0.1, 0.15) is 38.7 Å². The summed E-state index contributed by atoms with van der Waals surface area (Å²) in [6.45, 7) is 4.57. The van der Waals surface area contributed by atoms with Crippen LogP contribution in [0.5, 0.6) is 5.75 Å². The third-order valence-corrected chi connectivity index (χ3v) is 5.30. The molecule has 1 fully saturated rings. The van der Waals surface area contributed by atoms with Crippen molar-refractivity contribution in [2.75, 3.05) is 7.11 Å².